The normalized spacial score (nSPS) is 11.1. The summed E-state index contributed by atoms with van der Waals surface area (Å²) in [6, 6.07) is 13.9. The summed E-state index contributed by atoms with van der Waals surface area (Å²) >= 11 is 9.81. The molecule has 0 aliphatic heterocycles. The van der Waals surface area contributed by atoms with Crippen LogP contribution >= 0.6 is 27.5 Å². The van der Waals surface area contributed by atoms with Crippen molar-refractivity contribution in [2.45, 2.75) is 0 Å². The fraction of sp³-hybridized carbons (Fsp3) is 0. The predicted molar refractivity (Wildman–Crippen MR) is 72.0 cm³/mol. The average Bonchev–Trinajstić information content (AvgIpc) is 2.29. The van der Waals surface area contributed by atoms with Crippen LogP contribution < -0.4 is 0 Å². The van der Waals surface area contributed by atoms with Crippen molar-refractivity contribution in [2.75, 3.05) is 0 Å². The Kier molecular flexibility index (Phi) is 2.34. The molecule has 78 valence electrons. The summed E-state index contributed by atoms with van der Waals surface area (Å²) in [5, 5.41) is 2.76. The number of para-hydroxylation sites is 1. The lowest BCUT2D eigenvalue weighted by molar-refractivity contribution is 1.49. The van der Waals surface area contributed by atoms with E-state index in [2.05, 4.69) is 20.9 Å². The molecule has 0 N–H and O–H groups in total. The molecule has 16 heavy (non-hydrogen) atoms. The standard InChI is InChI=1S/C13H7BrClN/c14-8-5-6-10-12(7-8)16-11-4-2-1-3-9(11)13(10)15/h1-7H. The van der Waals surface area contributed by atoms with Crippen molar-refractivity contribution in [1.29, 1.82) is 0 Å². The minimum atomic E-state index is 0.771. The maximum Gasteiger partial charge on any atom is 0.0735 e. The third-order valence-electron chi connectivity index (χ3n) is 2.58. The minimum absolute atomic E-state index is 0.771. The summed E-state index contributed by atoms with van der Waals surface area (Å²) < 4.78 is 1.01. The first-order chi connectivity index (χ1) is 7.75. The van der Waals surface area contributed by atoms with Crippen LogP contribution in [0.1, 0.15) is 0 Å². The topological polar surface area (TPSA) is 12.9 Å². The van der Waals surface area contributed by atoms with Gasteiger partial charge in [-0.2, -0.15) is 0 Å². The second kappa shape index (κ2) is 3.72. The van der Waals surface area contributed by atoms with Crippen LogP contribution in [0.3, 0.4) is 0 Å². The Balaban J connectivity index is 2.55. The molecular weight excluding hydrogens is 286 g/mol. The van der Waals surface area contributed by atoms with Crippen molar-refractivity contribution in [3.8, 4) is 0 Å². The van der Waals surface area contributed by atoms with Crippen molar-refractivity contribution < 1.29 is 0 Å². The predicted octanol–water partition coefficient (Wildman–Crippen LogP) is 4.80. The number of fused-ring (bicyclic) bond motifs is 2. The first-order valence-electron chi connectivity index (χ1n) is 4.89. The maximum atomic E-state index is 6.37. The zero-order valence-corrected chi connectivity index (χ0v) is 10.6. The molecule has 1 heterocycles. The van der Waals surface area contributed by atoms with Gasteiger partial charge in [0, 0.05) is 15.2 Å². The Morgan fingerprint density at radius 2 is 1.69 bits per heavy atom. The second-order valence-electron chi connectivity index (χ2n) is 3.60. The molecule has 1 nitrogen and oxygen atoms in total. The van der Waals surface area contributed by atoms with Gasteiger partial charge in [0.1, 0.15) is 0 Å². The van der Waals surface area contributed by atoms with Crippen LogP contribution in [-0.4, -0.2) is 4.98 Å². The quantitative estimate of drug-likeness (QED) is 0.542. The fourth-order valence-corrected chi connectivity index (χ4v) is 2.48. The highest BCUT2D eigenvalue weighted by Gasteiger charge is 2.06. The molecule has 0 saturated heterocycles. The molecule has 0 fully saturated rings. The molecule has 0 unspecified atom stereocenters. The lowest BCUT2D eigenvalue weighted by Gasteiger charge is -2.05. The molecule has 0 aliphatic rings. The molecule has 0 saturated carbocycles. The highest BCUT2D eigenvalue weighted by Crippen LogP contribution is 2.31. The molecule has 0 atom stereocenters. The van der Waals surface area contributed by atoms with Gasteiger partial charge in [0.05, 0.1) is 16.1 Å². The summed E-state index contributed by atoms with van der Waals surface area (Å²) in [7, 11) is 0. The number of nitrogens with zero attached hydrogens (tertiary/aromatic N) is 1. The van der Waals surface area contributed by atoms with E-state index in [0.29, 0.717) is 0 Å². The van der Waals surface area contributed by atoms with Crippen LogP contribution in [0, 0.1) is 0 Å². The van der Waals surface area contributed by atoms with Crippen LogP contribution in [-0.2, 0) is 0 Å². The largest absolute Gasteiger partial charge is 0.248 e. The molecule has 1 aromatic heterocycles. The van der Waals surface area contributed by atoms with Gasteiger partial charge in [0.15, 0.2) is 0 Å². The number of hydrogen-bond acceptors (Lipinski definition) is 1. The molecular formula is C13H7BrClN. The van der Waals surface area contributed by atoms with E-state index in [9.17, 15) is 0 Å². The van der Waals surface area contributed by atoms with Gasteiger partial charge in [0.25, 0.3) is 0 Å². The van der Waals surface area contributed by atoms with Gasteiger partial charge in [-0.15, -0.1) is 0 Å². The Morgan fingerprint density at radius 1 is 0.938 bits per heavy atom. The number of pyridine rings is 1. The van der Waals surface area contributed by atoms with Crippen molar-refractivity contribution in [3.63, 3.8) is 0 Å². The van der Waals surface area contributed by atoms with Crippen LogP contribution in [0.4, 0.5) is 0 Å². The maximum absolute atomic E-state index is 6.37. The highest BCUT2D eigenvalue weighted by atomic mass is 79.9. The van der Waals surface area contributed by atoms with E-state index in [-0.39, 0.29) is 0 Å². The third kappa shape index (κ3) is 1.49. The summed E-state index contributed by atoms with van der Waals surface area (Å²) in [6.07, 6.45) is 0. The zero-order valence-electron chi connectivity index (χ0n) is 8.24. The molecule has 3 heteroatoms. The number of halogens is 2. The van der Waals surface area contributed by atoms with Crippen molar-refractivity contribution in [2.24, 2.45) is 0 Å². The fourth-order valence-electron chi connectivity index (χ4n) is 1.81. The lowest BCUT2D eigenvalue weighted by Crippen LogP contribution is -1.84. The molecule has 3 rings (SSSR count). The van der Waals surface area contributed by atoms with Gasteiger partial charge >= 0.3 is 0 Å². The van der Waals surface area contributed by atoms with E-state index >= 15 is 0 Å². The number of benzene rings is 2. The van der Waals surface area contributed by atoms with E-state index in [1.165, 1.54) is 0 Å². The summed E-state index contributed by atoms with van der Waals surface area (Å²) in [5.41, 5.74) is 1.84. The highest BCUT2D eigenvalue weighted by molar-refractivity contribution is 9.10. The molecule has 3 aromatic rings. The first kappa shape index (κ1) is 10.1. The van der Waals surface area contributed by atoms with E-state index in [1.54, 1.807) is 0 Å². The van der Waals surface area contributed by atoms with Gasteiger partial charge in [-0.25, -0.2) is 4.98 Å². The van der Waals surface area contributed by atoms with Crippen LogP contribution in [0.2, 0.25) is 5.02 Å². The molecule has 0 radical (unpaired) electrons. The number of hydrogen-bond donors (Lipinski definition) is 0. The second-order valence-corrected chi connectivity index (χ2v) is 4.90. The van der Waals surface area contributed by atoms with E-state index in [0.717, 1.165) is 31.3 Å². The Morgan fingerprint density at radius 3 is 2.56 bits per heavy atom. The molecule has 0 amide bonds. The Bertz CT molecular complexity index is 694. The monoisotopic (exact) mass is 291 g/mol. The van der Waals surface area contributed by atoms with Gasteiger partial charge < -0.3 is 0 Å². The van der Waals surface area contributed by atoms with Gasteiger partial charge in [-0.3, -0.25) is 0 Å². The van der Waals surface area contributed by atoms with Gasteiger partial charge in [-0.05, 0) is 18.2 Å². The lowest BCUT2D eigenvalue weighted by atomic mass is 10.1. The zero-order chi connectivity index (χ0) is 11.1. The number of rotatable bonds is 0. The van der Waals surface area contributed by atoms with E-state index in [4.69, 9.17) is 11.6 Å². The Hall–Kier alpha value is -1.12. The molecule has 0 spiro atoms. The average molecular weight is 293 g/mol. The first-order valence-corrected chi connectivity index (χ1v) is 6.06. The molecule has 2 aromatic carbocycles. The molecule has 0 bridgehead atoms. The summed E-state index contributed by atoms with van der Waals surface area (Å²) in [4.78, 5) is 4.58. The van der Waals surface area contributed by atoms with Crippen molar-refractivity contribution >= 4 is 49.3 Å². The van der Waals surface area contributed by atoms with Crippen LogP contribution in [0.25, 0.3) is 21.8 Å². The number of aromatic nitrogens is 1. The Labute approximate surface area is 106 Å². The third-order valence-corrected chi connectivity index (χ3v) is 3.48. The van der Waals surface area contributed by atoms with E-state index in [1.807, 2.05) is 42.5 Å². The van der Waals surface area contributed by atoms with Crippen LogP contribution in [0.5, 0.6) is 0 Å². The summed E-state index contributed by atoms with van der Waals surface area (Å²) in [6.45, 7) is 0. The summed E-state index contributed by atoms with van der Waals surface area (Å²) in [5.74, 6) is 0. The van der Waals surface area contributed by atoms with Gasteiger partial charge in [0.2, 0.25) is 0 Å². The molecule has 0 aliphatic carbocycles. The van der Waals surface area contributed by atoms with E-state index < -0.39 is 0 Å². The minimum Gasteiger partial charge on any atom is -0.248 e. The SMILES string of the molecule is Clc1c2ccccc2nc2cc(Br)ccc12. The smallest absolute Gasteiger partial charge is 0.0735 e. The van der Waals surface area contributed by atoms with Gasteiger partial charge in [-0.1, -0.05) is 51.8 Å². The van der Waals surface area contributed by atoms with Crippen molar-refractivity contribution in [3.05, 3.63) is 52.0 Å². The van der Waals surface area contributed by atoms with Crippen molar-refractivity contribution in [1.82, 2.24) is 4.98 Å². The van der Waals surface area contributed by atoms with Crippen LogP contribution in [0.15, 0.2) is 46.9 Å².